The van der Waals surface area contributed by atoms with Crippen LogP contribution in [0.2, 0.25) is 0 Å². The Balaban J connectivity index is 1.05. The highest BCUT2D eigenvalue weighted by atomic mass is 16.6. The number of carbonyl (C=O) groups excluding carboxylic acids is 2. The highest BCUT2D eigenvalue weighted by molar-refractivity contribution is 6.00. The van der Waals surface area contributed by atoms with E-state index in [0.29, 0.717) is 25.0 Å². The van der Waals surface area contributed by atoms with Crippen molar-refractivity contribution < 1.29 is 14.3 Å². The van der Waals surface area contributed by atoms with E-state index >= 15 is 0 Å². The van der Waals surface area contributed by atoms with E-state index in [2.05, 4.69) is 41.4 Å². The first kappa shape index (κ1) is 22.2. The second-order valence-electron chi connectivity index (χ2n) is 10.5. The monoisotopic (exact) mass is 488 g/mol. The van der Waals surface area contributed by atoms with Crippen LogP contribution in [-0.2, 0) is 4.74 Å². The van der Waals surface area contributed by atoms with E-state index < -0.39 is 0 Å². The molecule has 5 nitrogen and oxygen atoms in total. The molecule has 4 aromatic rings. The molecule has 5 heteroatoms. The van der Waals surface area contributed by atoms with Crippen LogP contribution in [-0.4, -0.2) is 40.5 Å². The predicted octanol–water partition coefficient (Wildman–Crippen LogP) is 6.61. The third-order valence-electron chi connectivity index (χ3n) is 8.53. The van der Waals surface area contributed by atoms with E-state index in [4.69, 9.17) is 4.74 Å². The molecule has 3 aromatic carbocycles. The number of pyridine rings is 1. The fourth-order valence-corrected chi connectivity index (χ4v) is 6.80. The van der Waals surface area contributed by atoms with Crippen molar-refractivity contribution in [3.05, 3.63) is 102 Å². The number of hydrogen-bond donors (Lipinski definition) is 0. The van der Waals surface area contributed by atoms with E-state index in [1.165, 1.54) is 22.3 Å². The largest absolute Gasteiger partial charge is 0.448 e. The van der Waals surface area contributed by atoms with Crippen molar-refractivity contribution >= 4 is 22.8 Å². The number of para-hydroxylation sites is 1. The molecule has 0 saturated carbocycles. The summed E-state index contributed by atoms with van der Waals surface area (Å²) in [6.45, 7) is 0.327. The third-order valence-corrected chi connectivity index (χ3v) is 8.53. The molecule has 3 aliphatic rings. The van der Waals surface area contributed by atoms with Gasteiger partial charge in [0, 0.05) is 41.1 Å². The second kappa shape index (κ2) is 8.84. The fraction of sp³-hybridized carbons (Fsp3) is 0.281. The van der Waals surface area contributed by atoms with Gasteiger partial charge in [0.2, 0.25) is 0 Å². The maximum atomic E-state index is 13.4. The van der Waals surface area contributed by atoms with Crippen molar-refractivity contribution in [3.8, 4) is 11.1 Å². The molecule has 1 aromatic heterocycles. The van der Waals surface area contributed by atoms with Crippen molar-refractivity contribution in [2.24, 2.45) is 5.92 Å². The molecule has 2 saturated heterocycles. The Morgan fingerprint density at radius 1 is 0.838 bits per heavy atom. The molecular formula is C32H28N2O3. The SMILES string of the molecule is O=C(c1cnc2ccccc2c1)C1CC2CCC(C1)N2C(=O)OCC1c2ccccc2-c2ccccc21. The maximum absolute atomic E-state index is 13.4. The molecule has 2 aliphatic heterocycles. The van der Waals surface area contributed by atoms with E-state index in [-0.39, 0.29) is 35.8 Å². The Morgan fingerprint density at radius 3 is 2.16 bits per heavy atom. The molecule has 0 radical (unpaired) electrons. The number of aromatic nitrogens is 1. The number of hydrogen-bond acceptors (Lipinski definition) is 4. The summed E-state index contributed by atoms with van der Waals surface area (Å²) < 4.78 is 5.98. The van der Waals surface area contributed by atoms with Gasteiger partial charge in [-0.25, -0.2) is 4.79 Å². The first-order chi connectivity index (χ1) is 18.2. The number of carbonyl (C=O) groups is 2. The van der Waals surface area contributed by atoms with Crippen LogP contribution in [0.3, 0.4) is 0 Å². The van der Waals surface area contributed by atoms with E-state index in [1.807, 2.05) is 47.4 Å². The standard InChI is InChI=1S/C32H28N2O3/c35-31(22-15-20-7-1-6-12-30(20)33-18-22)21-16-23-13-14-24(17-21)34(23)32(36)37-19-29-27-10-4-2-8-25(27)26-9-3-5-11-28(26)29/h1-12,15,18,21,23-24,29H,13-14,16-17,19H2. The van der Waals surface area contributed by atoms with Gasteiger partial charge in [0.05, 0.1) is 5.52 Å². The minimum atomic E-state index is -0.243. The first-order valence-corrected chi connectivity index (χ1v) is 13.2. The first-order valence-electron chi connectivity index (χ1n) is 13.2. The van der Waals surface area contributed by atoms with Gasteiger partial charge in [0.1, 0.15) is 6.61 Å². The number of ketones is 1. The van der Waals surface area contributed by atoms with E-state index in [0.717, 1.165) is 23.7 Å². The zero-order chi connectivity index (χ0) is 24.9. The number of benzene rings is 3. The van der Waals surface area contributed by atoms with Gasteiger partial charge in [-0.2, -0.15) is 0 Å². The lowest BCUT2D eigenvalue weighted by Gasteiger charge is -2.37. The van der Waals surface area contributed by atoms with Crippen molar-refractivity contribution in [1.29, 1.82) is 0 Å². The second-order valence-corrected chi connectivity index (χ2v) is 10.5. The van der Waals surface area contributed by atoms with Gasteiger partial charge in [-0.15, -0.1) is 0 Å². The number of Topliss-reactive ketones (excluding diaryl/α,β-unsaturated/α-hetero) is 1. The van der Waals surface area contributed by atoms with Gasteiger partial charge >= 0.3 is 6.09 Å². The quantitative estimate of drug-likeness (QED) is 0.303. The average Bonchev–Trinajstić information content (AvgIpc) is 3.41. The Kier molecular flexibility index (Phi) is 5.31. The van der Waals surface area contributed by atoms with Crippen molar-refractivity contribution in [2.45, 2.75) is 43.7 Å². The molecule has 0 spiro atoms. The van der Waals surface area contributed by atoms with Gasteiger partial charge in [0.25, 0.3) is 0 Å². The van der Waals surface area contributed by atoms with Gasteiger partial charge in [-0.05, 0) is 60.1 Å². The summed E-state index contributed by atoms with van der Waals surface area (Å²) in [5.74, 6) is 0.106. The van der Waals surface area contributed by atoms with Gasteiger partial charge in [-0.1, -0.05) is 66.7 Å². The van der Waals surface area contributed by atoms with Crippen molar-refractivity contribution in [3.63, 3.8) is 0 Å². The van der Waals surface area contributed by atoms with Gasteiger partial charge < -0.3 is 9.64 Å². The zero-order valence-electron chi connectivity index (χ0n) is 20.5. The maximum Gasteiger partial charge on any atom is 0.410 e. The normalized spacial score (nSPS) is 22.1. The van der Waals surface area contributed by atoms with Crippen LogP contribution in [0.1, 0.15) is 53.1 Å². The van der Waals surface area contributed by atoms with Gasteiger partial charge in [-0.3, -0.25) is 9.78 Å². The van der Waals surface area contributed by atoms with Crippen molar-refractivity contribution in [2.75, 3.05) is 6.61 Å². The number of rotatable bonds is 4. The van der Waals surface area contributed by atoms with Crippen LogP contribution in [0.25, 0.3) is 22.0 Å². The highest BCUT2D eigenvalue weighted by Gasteiger charge is 2.46. The Morgan fingerprint density at radius 2 is 1.46 bits per heavy atom. The van der Waals surface area contributed by atoms with Crippen LogP contribution in [0.5, 0.6) is 0 Å². The number of nitrogens with zero attached hydrogens (tertiary/aromatic N) is 2. The molecule has 1 amide bonds. The highest BCUT2D eigenvalue weighted by Crippen LogP contribution is 2.45. The lowest BCUT2D eigenvalue weighted by molar-refractivity contribution is 0.0506. The Bertz CT molecular complexity index is 1470. The van der Waals surface area contributed by atoms with E-state index in [9.17, 15) is 9.59 Å². The summed E-state index contributed by atoms with van der Waals surface area (Å²) in [6, 6.07) is 26.7. The summed E-state index contributed by atoms with van der Waals surface area (Å²) >= 11 is 0. The summed E-state index contributed by atoms with van der Waals surface area (Å²) in [5.41, 5.74) is 6.44. The lowest BCUT2D eigenvalue weighted by atomic mass is 9.85. The van der Waals surface area contributed by atoms with Gasteiger partial charge in [0.15, 0.2) is 5.78 Å². The smallest absolute Gasteiger partial charge is 0.410 e. The summed E-state index contributed by atoms with van der Waals surface area (Å²) in [4.78, 5) is 33.1. The molecule has 7 rings (SSSR count). The van der Waals surface area contributed by atoms with Crippen LogP contribution >= 0.6 is 0 Å². The molecule has 0 N–H and O–H groups in total. The molecule has 2 bridgehead atoms. The fourth-order valence-electron chi connectivity index (χ4n) is 6.80. The van der Waals surface area contributed by atoms with Crippen LogP contribution in [0.15, 0.2) is 85.1 Å². The molecule has 2 fully saturated rings. The molecular weight excluding hydrogens is 460 g/mol. The molecule has 2 atom stereocenters. The topological polar surface area (TPSA) is 59.5 Å². The average molecular weight is 489 g/mol. The molecule has 37 heavy (non-hydrogen) atoms. The third kappa shape index (κ3) is 3.72. The van der Waals surface area contributed by atoms with Crippen molar-refractivity contribution in [1.82, 2.24) is 9.88 Å². The molecule has 3 heterocycles. The van der Waals surface area contributed by atoms with Crippen LogP contribution in [0, 0.1) is 5.92 Å². The minimum Gasteiger partial charge on any atom is -0.448 e. The summed E-state index contributed by atoms with van der Waals surface area (Å²) in [5, 5.41) is 0.979. The van der Waals surface area contributed by atoms with Crippen LogP contribution in [0.4, 0.5) is 4.79 Å². The zero-order valence-corrected chi connectivity index (χ0v) is 20.5. The molecule has 184 valence electrons. The molecule has 1 aliphatic carbocycles. The van der Waals surface area contributed by atoms with E-state index in [1.54, 1.807) is 6.20 Å². The summed E-state index contributed by atoms with van der Waals surface area (Å²) in [6.07, 6.45) is 4.68. The van der Waals surface area contributed by atoms with Crippen LogP contribution < -0.4 is 0 Å². The number of amides is 1. The lowest BCUT2D eigenvalue weighted by Crippen LogP contribution is -2.48. The molecule has 2 unspecified atom stereocenters. The number of fused-ring (bicyclic) bond motifs is 6. The Hall–Kier alpha value is -3.99. The predicted molar refractivity (Wildman–Crippen MR) is 143 cm³/mol. The summed E-state index contributed by atoms with van der Waals surface area (Å²) in [7, 11) is 0. The number of ether oxygens (including phenoxy) is 1. The minimum absolute atomic E-state index is 0.0496. The number of piperidine rings is 1. The Labute approximate surface area is 216 Å².